The van der Waals surface area contributed by atoms with Crippen LogP contribution in [-0.2, 0) is 17.9 Å². The van der Waals surface area contributed by atoms with Gasteiger partial charge >= 0.3 is 12.1 Å². The third-order valence-corrected chi connectivity index (χ3v) is 6.11. The quantitative estimate of drug-likeness (QED) is 0.254. The summed E-state index contributed by atoms with van der Waals surface area (Å²) >= 11 is 0. The van der Waals surface area contributed by atoms with Crippen LogP contribution >= 0.6 is 0 Å². The normalized spacial score (nSPS) is 11.4. The molecule has 214 valence electrons. The summed E-state index contributed by atoms with van der Waals surface area (Å²) in [5, 5.41) is 10.7. The molecular formula is C29H35F3N6O2. The third-order valence-electron chi connectivity index (χ3n) is 6.11. The van der Waals surface area contributed by atoms with E-state index in [0.717, 1.165) is 61.6 Å². The van der Waals surface area contributed by atoms with Crippen LogP contribution in [0, 0.1) is 0 Å². The van der Waals surface area contributed by atoms with Crippen LogP contribution in [0.15, 0.2) is 73.1 Å². The van der Waals surface area contributed by atoms with Crippen LogP contribution in [0.2, 0.25) is 0 Å². The van der Waals surface area contributed by atoms with Gasteiger partial charge in [0.05, 0.1) is 11.2 Å². The van der Waals surface area contributed by atoms with E-state index in [0.29, 0.717) is 0 Å². The molecule has 0 atom stereocenters. The fraction of sp³-hybridized carbons (Fsp3) is 0.345. The predicted octanol–water partition coefficient (Wildman–Crippen LogP) is 4.91. The molecule has 0 aliphatic carbocycles. The van der Waals surface area contributed by atoms with E-state index in [9.17, 15) is 13.2 Å². The van der Waals surface area contributed by atoms with Crippen molar-refractivity contribution in [3.8, 4) is 11.4 Å². The summed E-state index contributed by atoms with van der Waals surface area (Å²) in [5.41, 5.74) is 5.71. The summed E-state index contributed by atoms with van der Waals surface area (Å²) < 4.78 is 34.1. The molecule has 40 heavy (non-hydrogen) atoms. The zero-order chi connectivity index (χ0) is 29.1. The molecule has 2 aromatic heterocycles. The van der Waals surface area contributed by atoms with Gasteiger partial charge in [0.15, 0.2) is 0 Å². The van der Waals surface area contributed by atoms with E-state index in [4.69, 9.17) is 14.9 Å². The number of para-hydroxylation sites is 1. The first-order valence-corrected chi connectivity index (χ1v) is 12.9. The number of hydrogen-bond donors (Lipinski definition) is 2. The van der Waals surface area contributed by atoms with Gasteiger partial charge in [-0.25, -0.2) is 9.78 Å². The van der Waals surface area contributed by atoms with Crippen molar-refractivity contribution in [2.75, 3.05) is 45.7 Å². The topological polar surface area (TPSA) is 86.5 Å². The molecule has 0 unspecified atom stereocenters. The second-order valence-electron chi connectivity index (χ2n) is 9.52. The summed E-state index contributed by atoms with van der Waals surface area (Å²) in [6.07, 6.45) is -0.267. The zero-order valence-electron chi connectivity index (χ0n) is 22.9. The van der Waals surface area contributed by atoms with Crippen molar-refractivity contribution in [3.63, 3.8) is 0 Å². The number of hydrogen-bond acceptors (Lipinski definition) is 6. The van der Waals surface area contributed by atoms with Crippen LogP contribution in [0.3, 0.4) is 0 Å². The lowest BCUT2D eigenvalue weighted by atomic mass is 10.2. The molecule has 2 heterocycles. The Morgan fingerprint density at radius 1 is 1.00 bits per heavy atom. The number of fused-ring (bicyclic) bond motifs is 1. The number of anilines is 1. The van der Waals surface area contributed by atoms with E-state index < -0.39 is 12.1 Å². The molecule has 0 aliphatic rings. The molecule has 0 spiro atoms. The monoisotopic (exact) mass is 556 g/mol. The lowest BCUT2D eigenvalue weighted by Gasteiger charge is -2.21. The predicted molar refractivity (Wildman–Crippen MR) is 151 cm³/mol. The molecular weight excluding hydrogens is 521 g/mol. The largest absolute Gasteiger partial charge is 0.490 e. The Bertz CT molecular complexity index is 1340. The zero-order valence-corrected chi connectivity index (χ0v) is 22.9. The summed E-state index contributed by atoms with van der Waals surface area (Å²) in [6, 6.07) is 21.1. The highest BCUT2D eigenvalue weighted by Crippen LogP contribution is 2.30. The Morgan fingerprint density at radius 3 is 2.35 bits per heavy atom. The Morgan fingerprint density at radius 2 is 1.73 bits per heavy atom. The summed E-state index contributed by atoms with van der Waals surface area (Å²) in [7, 11) is 6.40. The van der Waals surface area contributed by atoms with Crippen molar-refractivity contribution in [2.24, 2.45) is 0 Å². The molecule has 0 saturated carbocycles. The average molecular weight is 557 g/mol. The second-order valence-corrected chi connectivity index (χ2v) is 9.52. The molecule has 8 nitrogen and oxygen atoms in total. The van der Waals surface area contributed by atoms with Crippen LogP contribution < -0.4 is 10.2 Å². The lowest BCUT2D eigenvalue weighted by molar-refractivity contribution is -0.192. The van der Waals surface area contributed by atoms with Crippen molar-refractivity contribution < 1.29 is 23.1 Å². The first-order valence-electron chi connectivity index (χ1n) is 12.9. The Kier molecular flexibility index (Phi) is 11.0. The van der Waals surface area contributed by atoms with E-state index >= 15 is 0 Å². The maximum absolute atomic E-state index is 10.6. The van der Waals surface area contributed by atoms with Crippen LogP contribution in [0.4, 0.5) is 18.9 Å². The van der Waals surface area contributed by atoms with E-state index in [1.807, 2.05) is 18.5 Å². The van der Waals surface area contributed by atoms with Gasteiger partial charge in [0.1, 0.15) is 11.3 Å². The molecule has 4 aromatic rings. The molecule has 0 fully saturated rings. The first kappa shape index (κ1) is 30.6. The third kappa shape index (κ3) is 8.78. The molecule has 0 bridgehead atoms. The minimum absolute atomic E-state index is 0.835. The maximum atomic E-state index is 10.6. The number of carboxylic acid groups (broad SMARTS) is 1. The van der Waals surface area contributed by atoms with Crippen molar-refractivity contribution in [2.45, 2.75) is 25.7 Å². The average Bonchev–Trinajstić information content (AvgIpc) is 3.30. The molecule has 11 heteroatoms. The van der Waals surface area contributed by atoms with Crippen LogP contribution in [0.1, 0.15) is 12.0 Å². The van der Waals surface area contributed by atoms with Crippen molar-refractivity contribution >= 4 is 22.7 Å². The summed E-state index contributed by atoms with van der Waals surface area (Å²) in [4.78, 5) is 22.9. The van der Waals surface area contributed by atoms with Gasteiger partial charge in [-0.05, 0) is 56.9 Å². The molecule has 0 aliphatic heterocycles. The van der Waals surface area contributed by atoms with E-state index in [-0.39, 0.29) is 0 Å². The van der Waals surface area contributed by atoms with Crippen LogP contribution in [0.25, 0.3) is 22.4 Å². The van der Waals surface area contributed by atoms with Gasteiger partial charge in [-0.3, -0.25) is 4.98 Å². The fourth-order valence-electron chi connectivity index (χ4n) is 4.15. The van der Waals surface area contributed by atoms with E-state index in [2.05, 4.69) is 100 Å². The van der Waals surface area contributed by atoms with E-state index in [1.54, 1.807) is 0 Å². The van der Waals surface area contributed by atoms with Crippen molar-refractivity contribution in [3.05, 3.63) is 78.6 Å². The lowest BCUT2D eigenvalue weighted by Crippen LogP contribution is -2.23. The maximum Gasteiger partial charge on any atom is 0.490 e. The highest BCUT2D eigenvalue weighted by atomic mass is 19.4. The fourth-order valence-corrected chi connectivity index (χ4v) is 4.15. The van der Waals surface area contributed by atoms with Gasteiger partial charge in [-0.2, -0.15) is 13.2 Å². The van der Waals surface area contributed by atoms with Crippen LogP contribution in [0.5, 0.6) is 0 Å². The number of imidazole rings is 1. The second kappa shape index (κ2) is 14.4. The molecule has 0 radical (unpaired) electrons. The number of carbonyl (C=O) groups is 1. The molecule has 0 amide bonds. The number of benzene rings is 2. The molecule has 2 aromatic carbocycles. The highest BCUT2D eigenvalue weighted by molar-refractivity contribution is 5.91. The van der Waals surface area contributed by atoms with Gasteiger partial charge in [-0.15, -0.1) is 0 Å². The Balaban J connectivity index is 0.000000559. The Hall–Kier alpha value is -3.96. The minimum Gasteiger partial charge on any atom is -0.475 e. The number of pyridine rings is 1. The molecule has 0 saturated heterocycles. The molecule has 4 rings (SSSR count). The van der Waals surface area contributed by atoms with E-state index in [1.165, 1.54) is 11.3 Å². The number of aliphatic carboxylic acids is 1. The molecule has 2 N–H and O–H groups in total. The van der Waals surface area contributed by atoms with Gasteiger partial charge < -0.3 is 24.8 Å². The number of nitrogens with zero attached hydrogens (tertiary/aromatic N) is 5. The Labute approximate surface area is 232 Å². The van der Waals surface area contributed by atoms with Gasteiger partial charge in [0.2, 0.25) is 0 Å². The number of nitrogens with one attached hydrogen (secondary N) is 1. The number of aromatic nitrogens is 3. The number of carboxylic acids is 1. The number of alkyl halides is 3. The first-order chi connectivity index (χ1) is 19.1. The number of halogens is 3. The van der Waals surface area contributed by atoms with Crippen LogP contribution in [-0.4, -0.2) is 77.5 Å². The SMILES string of the molecule is CN(C)CCCN(C)c1cccc2c1nc(-c1cccnc1)n2CCNCc1ccccc1.O=C(O)C(F)(F)F. The minimum atomic E-state index is -5.08. The summed E-state index contributed by atoms with van der Waals surface area (Å²) in [6.45, 7) is 4.61. The van der Waals surface area contributed by atoms with Crippen molar-refractivity contribution in [1.29, 1.82) is 0 Å². The van der Waals surface area contributed by atoms with Crippen molar-refractivity contribution in [1.82, 2.24) is 24.8 Å². The smallest absolute Gasteiger partial charge is 0.475 e. The summed E-state index contributed by atoms with van der Waals surface area (Å²) in [5.74, 6) is -1.79. The van der Waals surface area contributed by atoms with Gasteiger partial charge in [-0.1, -0.05) is 36.4 Å². The van der Waals surface area contributed by atoms with Gasteiger partial charge in [0, 0.05) is 51.2 Å². The standard InChI is InChI=1S/C27H34N6.C2HF3O2/c1-31(2)17-9-18-32(3)24-13-7-14-25-26(24)30-27(23-12-8-15-28-21-23)33(25)19-16-29-20-22-10-5-4-6-11-22;3-2(4,5)1(6)7/h4-8,10-15,21,29H,9,16-20H2,1-3H3;(H,6,7). The number of rotatable bonds is 11. The highest BCUT2D eigenvalue weighted by Gasteiger charge is 2.38. The van der Waals surface area contributed by atoms with Gasteiger partial charge in [0.25, 0.3) is 0 Å².